The quantitative estimate of drug-likeness (QED) is 0.795. The second-order valence-corrected chi connectivity index (χ2v) is 4.34. The van der Waals surface area contributed by atoms with Gasteiger partial charge < -0.3 is 15.2 Å². The van der Waals surface area contributed by atoms with Crippen molar-refractivity contribution >= 4 is 5.95 Å². The zero-order valence-corrected chi connectivity index (χ0v) is 9.56. The molecule has 2 rings (SSSR count). The van der Waals surface area contributed by atoms with Gasteiger partial charge in [-0.25, -0.2) is 4.98 Å². The van der Waals surface area contributed by atoms with E-state index in [1.807, 2.05) is 12.4 Å². The van der Waals surface area contributed by atoms with Crippen LogP contribution in [-0.4, -0.2) is 28.2 Å². The van der Waals surface area contributed by atoms with Crippen molar-refractivity contribution in [2.45, 2.75) is 45.3 Å². The summed E-state index contributed by atoms with van der Waals surface area (Å²) in [6, 6.07) is 0.864. The Morgan fingerprint density at radius 1 is 1.60 bits per heavy atom. The van der Waals surface area contributed by atoms with Crippen molar-refractivity contribution in [1.82, 2.24) is 9.55 Å². The Labute approximate surface area is 91.1 Å². The van der Waals surface area contributed by atoms with Gasteiger partial charge in [0.1, 0.15) is 0 Å². The van der Waals surface area contributed by atoms with Gasteiger partial charge in [0.25, 0.3) is 0 Å². The molecule has 84 valence electrons. The van der Waals surface area contributed by atoms with E-state index in [2.05, 4.69) is 28.3 Å². The van der Waals surface area contributed by atoms with Crippen molar-refractivity contribution in [1.29, 1.82) is 0 Å². The lowest BCUT2D eigenvalue weighted by Gasteiger charge is -2.37. The monoisotopic (exact) mass is 208 g/mol. The molecule has 0 aromatic carbocycles. The van der Waals surface area contributed by atoms with Crippen LogP contribution >= 0.6 is 0 Å². The van der Waals surface area contributed by atoms with Crippen LogP contribution in [0.4, 0.5) is 5.95 Å². The summed E-state index contributed by atoms with van der Waals surface area (Å²) < 4.78 is 2.19. The minimum atomic E-state index is 0.362. The summed E-state index contributed by atoms with van der Waals surface area (Å²) in [4.78, 5) is 6.80. The molecule has 4 heteroatoms. The molecule has 2 N–H and O–H groups in total. The van der Waals surface area contributed by atoms with Gasteiger partial charge >= 0.3 is 0 Å². The van der Waals surface area contributed by atoms with Crippen LogP contribution in [0.25, 0.3) is 0 Å². The predicted molar refractivity (Wildman–Crippen MR) is 61.9 cm³/mol. The van der Waals surface area contributed by atoms with Crippen LogP contribution in [0.1, 0.15) is 26.7 Å². The first-order chi connectivity index (χ1) is 7.22. The largest absolute Gasteiger partial charge is 0.339 e. The topological polar surface area (TPSA) is 47.1 Å². The van der Waals surface area contributed by atoms with E-state index in [-0.39, 0.29) is 0 Å². The van der Waals surface area contributed by atoms with Crippen LogP contribution < -0.4 is 10.6 Å². The lowest BCUT2D eigenvalue weighted by atomic mass is 10.00. The van der Waals surface area contributed by atoms with Crippen molar-refractivity contribution < 1.29 is 0 Å². The molecule has 1 aromatic heterocycles. The number of anilines is 1. The van der Waals surface area contributed by atoms with E-state index in [0.717, 1.165) is 31.9 Å². The lowest BCUT2D eigenvalue weighted by molar-refractivity contribution is 0.420. The van der Waals surface area contributed by atoms with E-state index >= 15 is 0 Å². The van der Waals surface area contributed by atoms with E-state index in [1.165, 1.54) is 0 Å². The molecule has 1 fully saturated rings. The molecule has 1 aromatic rings. The highest BCUT2D eigenvalue weighted by molar-refractivity contribution is 5.33. The highest BCUT2D eigenvalue weighted by Crippen LogP contribution is 2.22. The highest BCUT2D eigenvalue weighted by atomic mass is 15.3. The summed E-state index contributed by atoms with van der Waals surface area (Å²) in [6.45, 7) is 6.38. The molecular formula is C11H20N4. The van der Waals surface area contributed by atoms with Crippen LogP contribution in [0.15, 0.2) is 12.4 Å². The van der Waals surface area contributed by atoms with Gasteiger partial charge in [-0.1, -0.05) is 0 Å². The number of hydrogen-bond donors (Lipinski definition) is 1. The van der Waals surface area contributed by atoms with Crippen LogP contribution in [0, 0.1) is 0 Å². The molecule has 0 bridgehead atoms. The fourth-order valence-corrected chi connectivity index (χ4v) is 2.31. The zero-order chi connectivity index (χ0) is 10.8. The Kier molecular flexibility index (Phi) is 2.95. The number of hydrogen-bond acceptors (Lipinski definition) is 3. The first-order valence-corrected chi connectivity index (χ1v) is 5.75. The Hall–Kier alpha value is -1.03. The maximum absolute atomic E-state index is 5.96. The maximum Gasteiger partial charge on any atom is 0.205 e. The first kappa shape index (κ1) is 10.5. The third-order valence-corrected chi connectivity index (χ3v) is 3.21. The minimum Gasteiger partial charge on any atom is -0.339 e. The summed E-state index contributed by atoms with van der Waals surface area (Å²) in [5.41, 5.74) is 5.96. The van der Waals surface area contributed by atoms with E-state index < -0.39 is 0 Å². The average molecular weight is 208 g/mol. The summed E-state index contributed by atoms with van der Waals surface area (Å²) in [5, 5.41) is 0. The number of nitrogens with two attached hydrogens (primary N) is 1. The number of imidazole rings is 1. The Morgan fingerprint density at radius 2 is 2.40 bits per heavy atom. The molecule has 1 aliphatic heterocycles. The van der Waals surface area contributed by atoms with Gasteiger partial charge in [-0.15, -0.1) is 0 Å². The van der Waals surface area contributed by atoms with Crippen LogP contribution in [0.2, 0.25) is 0 Å². The predicted octanol–water partition coefficient (Wildman–Crippen LogP) is 1.22. The smallest absolute Gasteiger partial charge is 0.205 e. The van der Waals surface area contributed by atoms with Gasteiger partial charge in [-0.3, -0.25) is 0 Å². The van der Waals surface area contributed by atoms with Gasteiger partial charge in [-0.05, 0) is 26.7 Å². The molecule has 1 aliphatic rings. The summed E-state index contributed by atoms with van der Waals surface area (Å²) >= 11 is 0. The van der Waals surface area contributed by atoms with Crippen molar-refractivity contribution in [3.8, 4) is 0 Å². The number of rotatable bonds is 2. The molecular weight excluding hydrogens is 188 g/mol. The number of piperidine rings is 1. The van der Waals surface area contributed by atoms with Gasteiger partial charge in [-0.2, -0.15) is 0 Å². The highest BCUT2D eigenvalue weighted by Gasteiger charge is 2.25. The molecule has 0 spiro atoms. The third kappa shape index (κ3) is 2.00. The number of aryl methyl sites for hydroxylation is 1. The van der Waals surface area contributed by atoms with E-state index in [0.29, 0.717) is 12.1 Å². The second-order valence-electron chi connectivity index (χ2n) is 4.34. The molecule has 15 heavy (non-hydrogen) atoms. The molecule has 0 radical (unpaired) electrons. The molecule has 2 atom stereocenters. The van der Waals surface area contributed by atoms with E-state index in [9.17, 15) is 0 Å². The standard InChI is InChI=1S/C11H20N4/c1-3-14-7-5-13-11(14)15-6-4-10(12)8-9(15)2/h5,7,9-10H,3-4,6,8,12H2,1-2H3. The van der Waals surface area contributed by atoms with Gasteiger partial charge in [0.05, 0.1) is 0 Å². The van der Waals surface area contributed by atoms with Crippen LogP contribution in [0.5, 0.6) is 0 Å². The minimum absolute atomic E-state index is 0.362. The molecule has 1 saturated heterocycles. The van der Waals surface area contributed by atoms with Crippen LogP contribution in [-0.2, 0) is 6.54 Å². The molecule has 0 aliphatic carbocycles. The third-order valence-electron chi connectivity index (χ3n) is 3.21. The van der Waals surface area contributed by atoms with Crippen molar-refractivity contribution in [2.24, 2.45) is 5.73 Å². The van der Waals surface area contributed by atoms with Gasteiger partial charge in [0.2, 0.25) is 5.95 Å². The van der Waals surface area contributed by atoms with Crippen LogP contribution in [0.3, 0.4) is 0 Å². The Bertz CT molecular complexity index is 320. The zero-order valence-electron chi connectivity index (χ0n) is 9.56. The molecule has 2 heterocycles. The Balaban J connectivity index is 2.16. The molecule has 2 unspecified atom stereocenters. The van der Waals surface area contributed by atoms with Crippen molar-refractivity contribution in [3.05, 3.63) is 12.4 Å². The molecule has 0 saturated carbocycles. The summed E-state index contributed by atoms with van der Waals surface area (Å²) in [5.74, 6) is 1.09. The second kappa shape index (κ2) is 4.23. The van der Waals surface area contributed by atoms with E-state index in [4.69, 9.17) is 5.73 Å². The maximum atomic E-state index is 5.96. The Morgan fingerprint density at radius 3 is 3.07 bits per heavy atom. The normalized spacial score (nSPS) is 27.0. The number of nitrogens with zero attached hydrogens (tertiary/aromatic N) is 3. The SMILES string of the molecule is CCn1ccnc1N1CCC(N)CC1C. The first-order valence-electron chi connectivity index (χ1n) is 5.75. The molecule has 4 nitrogen and oxygen atoms in total. The summed E-state index contributed by atoms with van der Waals surface area (Å²) in [7, 11) is 0. The fourth-order valence-electron chi connectivity index (χ4n) is 2.31. The van der Waals surface area contributed by atoms with Gasteiger partial charge in [0.15, 0.2) is 0 Å². The van der Waals surface area contributed by atoms with Gasteiger partial charge in [0, 0.05) is 37.6 Å². The van der Waals surface area contributed by atoms with Crippen molar-refractivity contribution in [3.63, 3.8) is 0 Å². The van der Waals surface area contributed by atoms with E-state index in [1.54, 1.807) is 0 Å². The fraction of sp³-hybridized carbons (Fsp3) is 0.727. The average Bonchev–Trinajstić information content (AvgIpc) is 2.65. The number of aromatic nitrogens is 2. The lowest BCUT2D eigenvalue weighted by Crippen LogP contribution is -2.46. The summed E-state index contributed by atoms with van der Waals surface area (Å²) in [6.07, 6.45) is 6.05. The molecule has 0 amide bonds. The van der Waals surface area contributed by atoms with Crippen molar-refractivity contribution in [2.75, 3.05) is 11.4 Å².